The average Bonchev–Trinajstić information content (AvgIpc) is 2.88. The van der Waals surface area contributed by atoms with Crippen molar-refractivity contribution in [2.75, 3.05) is 6.54 Å². The molecular weight excluding hydrogens is 216 g/mol. The SMILES string of the molecule is Cc1ccc(CCNC(=O)[C@H]2CC[C@@H](N)C2)o1. The monoisotopic (exact) mass is 236 g/mol. The van der Waals surface area contributed by atoms with Crippen molar-refractivity contribution in [3.05, 3.63) is 23.7 Å². The molecule has 1 aromatic rings. The highest BCUT2D eigenvalue weighted by Gasteiger charge is 2.27. The van der Waals surface area contributed by atoms with Gasteiger partial charge >= 0.3 is 0 Å². The molecule has 17 heavy (non-hydrogen) atoms. The minimum atomic E-state index is 0.114. The molecule has 0 radical (unpaired) electrons. The zero-order chi connectivity index (χ0) is 12.3. The first-order valence-corrected chi connectivity index (χ1v) is 6.24. The number of nitrogens with one attached hydrogen (secondary N) is 1. The highest BCUT2D eigenvalue weighted by atomic mass is 16.3. The van der Waals surface area contributed by atoms with Crippen molar-refractivity contribution >= 4 is 5.91 Å². The fraction of sp³-hybridized carbons (Fsp3) is 0.615. The van der Waals surface area contributed by atoms with Gasteiger partial charge in [-0.2, -0.15) is 0 Å². The lowest BCUT2D eigenvalue weighted by Crippen LogP contribution is -2.31. The van der Waals surface area contributed by atoms with Gasteiger partial charge in [0.2, 0.25) is 5.91 Å². The van der Waals surface area contributed by atoms with Gasteiger partial charge in [0.1, 0.15) is 11.5 Å². The largest absolute Gasteiger partial charge is 0.466 e. The Hall–Kier alpha value is -1.29. The van der Waals surface area contributed by atoms with Crippen LogP contribution in [0.3, 0.4) is 0 Å². The highest BCUT2D eigenvalue weighted by Crippen LogP contribution is 2.23. The summed E-state index contributed by atoms with van der Waals surface area (Å²) in [5.74, 6) is 2.09. The Bertz CT molecular complexity index is 387. The number of furan rings is 1. The Balaban J connectivity index is 1.70. The van der Waals surface area contributed by atoms with Crippen LogP contribution in [0.25, 0.3) is 0 Å². The second-order valence-corrected chi connectivity index (χ2v) is 4.82. The third kappa shape index (κ3) is 3.33. The summed E-state index contributed by atoms with van der Waals surface area (Å²) >= 11 is 0. The van der Waals surface area contributed by atoms with Crippen LogP contribution in [0.15, 0.2) is 16.5 Å². The van der Waals surface area contributed by atoms with Crippen molar-refractivity contribution < 1.29 is 9.21 Å². The summed E-state index contributed by atoms with van der Waals surface area (Å²) in [5, 5.41) is 2.95. The number of hydrogen-bond acceptors (Lipinski definition) is 3. The molecule has 0 bridgehead atoms. The van der Waals surface area contributed by atoms with Crippen LogP contribution >= 0.6 is 0 Å². The lowest BCUT2D eigenvalue weighted by molar-refractivity contribution is -0.124. The summed E-state index contributed by atoms with van der Waals surface area (Å²) in [6.07, 6.45) is 3.46. The Morgan fingerprint density at radius 2 is 2.35 bits per heavy atom. The van der Waals surface area contributed by atoms with Crippen LogP contribution < -0.4 is 11.1 Å². The van der Waals surface area contributed by atoms with Crippen LogP contribution in [0.4, 0.5) is 0 Å². The first kappa shape index (κ1) is 12.2. The Kier molecular flexibility index (Phi) is 3.84. The van der Waals surface area contributed by atoms with E-state index in [0.29, 0.717) is 6.54 Å². The summed E-state index contributed by atoms with van der Waals surface area (Å²) in [4.78, 5) is 11.8. The van der Waals surface area contributed by atoms with Crippen molar-refractivity contribution in [2.45, 2.75) is 38.6 Å². The lowest BCUT2D eigenvalue weighted by atomic mass is 10.1. The van der Waals surface area contributed by atoms with E-state index in [2.05, 4.69) is 5.32 Å². The molecule has 1 amide bonds. The van der Waals surface area contributed by atoms with Crippen LogP contribution in [0.5, 0.6) is 0 Å². The van der Waals surface area contributed by atoms with Crippen molar-refractivity contribution in [1.82, 2.24) is 5.32 Å². The summed E-state index contributed by atoms with van der Waals surface area (Å²) in [6, 6.07) is 4.10. The van der Waals surface area contributed by atoms with Crippen LogP contribution in [0, 0.1) is 12.8 Å². The molecule has 1 heterocycles. The van der Waals surface area contributed by atoms with E-state index in [1.165, 1.54) is 0 Å². The van der Waals surface area contributed by atoms with Crippen molar-refractivity contribution in [2.24, 2.45) is 11.7 Å². The molecule has 0 unspecified atom stereocenters. The van der Waals surface area contributed by atoms with Gasteiger partial charge in [0.15, 0.2) is 0 Å². The van der Waals surface area contributed by atoms with Gasteiger partial charge in [0, 0.05) is 24.9 Å². The van der Waals surface area contributed by atoms with E-state index in [1.807, 2.05) is 19.1 Å². The molecular formula is C13H20N2O2. The Labute approximate surface area is 102 Å². The number of rotatable bonds is 4. The number of carbonyl (C=O) groups is 1. The zero-order valence-electron chi connectivity index (χ0n) is 10.2. The van der Waals surface area contributed by atoms with E-state index in [0.717, 1.165) is 37.2 Å². The molecule has 4 heteroatoms. The van der Waals surface area contributed by atoms with E-state index in [9.17, 15) is 4.79 Å². The van der Waals surface area contributed by atoms with Gasteiger partial charge < -0.3 is 15.5 Å². The maximum absolute atomic E-state index is 11.8. The van der Waals surface area contributed by atoms with Gasteiger partial charge in [-0.3, -0.25) is 4.79 Å². The smallest absolute Gasteiger partial charge is 0.223 e. The number of hydrogen-bond donors (Lipinski definition) is 2. The molecule has 1 fully saturated rings. The van der Waals surface area contributed by atoms with Gasteiger partial charge in [-0.25, -0.2) is 0 Å². The molecule has 1 aliphatic rings. The molecule has 0 spiro atoms. The zero-order valence-corrected chi connectivity index (χ0v) is 10.2. The topological polar surface area (TPSA) is 68.3 Å². The van der Waals surface area contributed by atoms with E-state index in [1.54, 1.807) is 0 Å². The van der Waals surface area contributed by atoms with Gasteiger partial charge in [-0.15, -0.1) is 0 Å². The Morgan fingerprint density at radius 3 is 2.94 bits per heavy atom. The molecule has 3 N–H and O–H groups in total. The number of amides is 1. The molecule has 0 aromatic carbocycles. The van der Waals surface area contributed by atoms with E-state index < -0.39 is 0 Å². The first-order chi connectivity index (χ1) is 8.15. The number of nitrogens with two attached hydrogens (primary N) is 1. The highest BCUT2D eigenvalue weighted by molar-refractivity contribution is 5.78. The van der Waals surface area contributed by atoms with Crippen molar-refractivity contribution in [1.29, 1.82) is 0 Å². The molecule has 94 valence electrons. The average molecular weight is 236 g/mol. The van der Waals surface area contributed by atoms with Crippen molar-refractivity contribution in [3.8, 4) is 0 Å². The van der Waals surface area contributed by atoms with Crippen LogP contribution in [-0.4, -0.2) is 18.5 Å². The maximum Gasteiger partial charge on any atom is 0.223 e. The summed E-state index contributed by atoms with van der Waals surface area (Å²) in [5.41, 5.74) is 5.79. The van der Waals surface area contributed by atoms with Crippen molar-refractivity contribution in [3.63, 3.8) is 0 Å². The third-order valence-corrected chi connectivity index (χ3v) is 3.31. The van der Waals surface area contributed by atoms with Gasteiger partial charge in [-0.05, 0) is 38.3 Å². The summed E-state index contributed by atoms with van der Waals surface area (Å²) < 4.78 is 5.44. The molecule has 1 aliphatic carbocycles. The molecule has 0 aliphatic heterocycles. The Morgan fingerprint density at radius 1 is 1.53 bits per heavy atom. The molecule has 2 atom stereocenters. The quantitative estimate of drug-likeness (QED) is 0.829. The molecule has 1 saturated carbocycles. The second-order valence-electron chi connectivity index (χ2n) is 4.82. The number of aryl methyl sites for hydroxylation is 1. The third-order valence-electron chi connectivity index (χ3n) is 3.31. The fourth-order valence-electron chi connectivity index (χ4n) is 2.33. The van der Waals surface area contributed by atoms with Gasteiger partial charge in [0.05, 0.1) is 0 Å². The van der Waals surface area contributed by atoms with Crippen LogP contribution in [0.1, 0.15) is 30.8 Å². The molecule has 0 saturated heterocycles. The molecule has 2 rings (SSSR count). The minimum absolute atomic E-state index is 0.114. The normalized spacial score (nSPS) is 23.9. The standard InChI is InChI=1S/C13H20N2O2/c1-9-2-5-12(17-9)6-7-15-13(16)10-3-4-11(14)8-10/h2,5,10-11H,3-4,6-8,14H2,1H3,(H,15,16)/t10-,11+/m0/s1. The van der Waals surface area contributed by atoms with Crippen LogP contribution in [0.2, 0.25) is 0 Å². The fourth-order valence-corrected chi connectivity index (χ4v) is 2.33. The van der Waals surface area contributed by atoms with Gasteiger partial charge in [-0.1, -0.05) is 0 Å². The van der Waals surface area contributed by atoms with Gasteiger partial charge in [0.25, 0.3) is 0 Å². The lowest BCUT2D eigenvalue weighted by Gasteiger charge is -2.09. The molecule has 1 aromatic heterocycles. The predicted molar refractivity (Wildman–Crippen MR) is 65.5 cm³/mol. The second kappa shape index (κ2) is 5.36. The van der Waals surface area contributed by atoms with E-state index in [4.69, 9.17) is 10.2 Å². The summed E-state index contributed by atoms with van der Waals surface area (Å²) in [6.45, 7) is 2.56. The van der Waals surface area contributed by atoms with E-state index >= 15 is 0 Å². The maximum atomic E-state index is 11.8. The predicted octanol–water partition coefficient (Wildman–Crippen LogP) is 1.37. The van der Waals surface area contributed by atoms with Crippen LogP contribution in [-0.2, 0) is 11.2 Å². The molecule has 4 nitrogen and oxygen atoms in total. The minimum Gasteiger partial charge on any atom is -0.466 e. The summed E-state index contributed by atoms with van der Waals surface area (Å²) in [7, 11) is 0. The number of carbonyl (C=O) groups excluding carboxylic acids is 1. The van der Waals surface area contributed by atoms with E-state index in [-0.39, 0.29) is 17.9 Å². The first-order valence-electron chi connectivity index (χ1n) is 6.24.